The van der Waals surface area contributed by atoms with Crippen LogP contribution in [0.2, 0.25) is 0 Å². The molecule has 0 atom stereocenters. The number of amides is 2. The summed E-state index contributed by atoms with van der Waals surface area (Å²) >= 11 is 1.21. The van der Waals surface area contributed by atoms with E-state index in [1.165, 1.54) is 15.6 Å². The number of thiophene rings is 1. The van der Waals surface area contributed by atoms with Crippen LogP contribution in [0.15, 0.2) is 46.8 Å². The van der Waals surface area contributed by atoms with Crippen molar-refractivity contribution in [1.82, 2.24) is 20.2 Å². The summed E-state index contributed by atoms with van der Waals surface area (Å²) < 4.78 is 28.8. The molecule has 11 heteroatoms. The zero-order valence-electron chi connectivity index (χ0n) is 18.8. The van der Waals surface area contributed by atoms with Gasteiger partial charge in [-0.15, -0.1) is 11.3 Å². The molecule has 178 valence electrons. The van der Waals surface area contributed by atoms with E-state index in [2.05, 4.69) is 26.7 Å². The molecule has 0 radical (unpaired) electrons. The van der Waals surface area contributed by atoms with Gasteiger partial charge in [-0.2, -0.15) is 0 Å². The molecule has 5 rings (SSSR count). The van der Waals surface area contributed by atoms with Gasteiger partial charge in [0.15, 0.2) is 0 Å². The Morgan fingerprint density at radius 1 is 1.18 bits per heavy atom. The molecule has 1 fully saturated rings. The van der Waals surface area contributed by atoms with Gasteiger partial charge in [-0.25, -0.2) is 23.2 Å². The minimum atomic E-state index is -3.67. The number of anilines is 2. The number of aromatic nitrogens is 2. The smallest absolute Gasteiger partial charge is 0.317 e. The average Bonchev–Trinajstić information content (AvgIpc) is 3.49. The molecular weight excluding hydrogens is 472 g/mol. The SMILES string of the molecule is Cc1ccc2c(c1)CCCN2S(=O)(=O)c1ccc(-c2ccnc(NCCN3CCNC3=O)n2)s1. The van der Waals surface area contributed by atoms with E-state index >= 15 is 0 Å². The highest BCUT2D eigenvalue weighted by atomic mass is 32.2. The fourth-order valence-electron chi connectivity index (χ4n) is 4.25. The number of benzene rings is 1. The van der Waals surface area contributed by atoms with Crippen LogP contribution in [0, 0.1) is 6.92 Å². The normalized spacial score (nSPS) is 15.9. The van der Waals surface area contributed by atoms with Crippen LogP contribution in [-0.2, 0) is 16.4 Å². The number of rotatable bonds is 7. The highest BCUT2D eigenvalue weighted by molar-refractivity contribution is 7.94. The van der Waals surface area contributed by atoms with E-state index in [0.29, 0.717) is 48.6 Å². The zero-order valence-corrected chi connectivity index (χ0v) is 20.5. The number of hydrogen-bond donors (Lipinski definition) is 2. The predicted octanol–water partition coefficient (Wildman–Crippen LogP) is 3.09. The van der Waals surface area contributed by atoms with Crippen LogP contribution in [0.5, 0.6) is 0 Å². The summed E-state index contributed by atoms with van der Waals surface area (Å²) in [6.45, 7) is 4.92. The largest absolute Gasteiger partial charge is 0.352 e. The summed E-state index contributed by atoms with van der Waals surface area (Å²) in [7, 11) is -3.67. The van der Waals surface area contributed by atoms with E-state index in [0.717, 1.165) is 34.5 Å². The molecule has 1 aromatic carbocycles. The molecule has 2 aromatic heterocycles. The topological polar surface area (TPSA) is 108 Å². The van der Waals surface area contributed by atoms with E-state index in [4.69, 9.17) is 0 Å². The van der Waals surface area contributed by atoms with Crippen molar-refractivity contribution in [3.8, 4) is 10.6 Å². The Morgan fingerprint density at radius 2 is 2.06 bits per heavy atom. The first kappa shape index (κ1) is 22.6. The maximum Gasteiger partial charge on any atom is 0.317 e. The lowest BCUT2D eigenvalue weighted by atomic mass is 10.0. The first-order valence-electron chi connectivity index (χ1n) is 11.2. The van der Waals surface area contributed by atoms with Gasteiger partial charge in [0.2, 0.25) is 5.95 Å². The Kier molecular flexibility index (Phi) is 6.13. The van der Waals surface area contributed by atoms with Gasteiger partial charge in [0.05, 0.1) is 16.3 Å². The Hall–Kier alpha value is -3.18. The summed E-state index contributed by atoms with van der Waals surface area (Å²) in [4.78, 5) is 22.9. The first-order chi connectivity index (χ1) is 16.4. The molecule has 2 aliphatic rings. The van der Waals surface area contributed by atoms with Crippen molar-refractivity contribution in [2.75, 3.05) is 42.3 Å². The fourth-order valence-corrected chi connectivity index (χ4v) is 7.19. The number of aryl methyl sites for hydroxylation is 2. The Labute approximate surface area is 202 Å². The monoisotopic (exact) mass is 498 g/mol. The van der Waals surface area contributed by atoms with Crippen LogP contribution < -0.4 is 14.9 Å². The van der Waals surface area contributed by atoms with E-state index < -0.39 is 10.0 Å². The Balaban J connectivity index is 1.32. The van der Waals surface area contributed by atoms with E-state index in [1.807, 2.05) is 19.1 Å². The van der Waals surface area contributed by atoms with Crippen LogP contribution in [0.25, 0.3) is 10.6 Å². The minimum Gasteiger partial charge on any atom is -0.352 e. The van der Waals surface area contributed by atoms with Gasteiger partial charge in [-0.3, -0.25) is 4.31 Å². The van der Waals surface area contributed by atoms with E-state index in [1.54, 1.807) is 29.3 Å². The Morgan fingerprint density at radius 3 is 2.88 bits per heavy atom. The van der Waals surface area contributed by atoms with Gasteiger partial charge in [0, 0.05) is 38.9 Å². The second kappa shape index (κ2) is 9.22. The molecule has 0 bridgehead atoms. The summed E-state index contributed by atoms with van der Waals surface area (Å²) in [5.74, 6) is 0.440. The third-order valence-corrected chi connectivity index (χ3v) is 9.34. The first-order valence-corrected chi connectivity index (χ1v) is 13.5. The van der Waals surface area contributed by atoms with Gasteiger partial charge < -0.3 is 15.5 Å². The van der Waals surface area contributed by atoms with Gasteiger partial charge in [0.25, 0.3) is 10.0 Å². The van der Waals surface area contributed by atoms with Crippen molar-refractivity contribution >= 4 is 39.0 Å². The van der Waals surface area contributed by atoms with Gasteiger partial charge in [0.1, 0.15) is 4.21 Å². The number of sulfonamides is 1. The second-order valence-corrected chi connectivity index (χ2v) is 11.5. The van der Waals surface area contributed by atoms with Crippen molar-refractivity contribution in [2.45, 2.75) is 24.0 Å². The van der Waals surface area contributed by atoms with Gasteiger partial charge >= 0.3 is 6.03 Å². The van der Waals surface area contributed by atoms with Gasteiger partial charge in [-0.1, -0.05) is 17.7 Å². The lowest BCUT2D eigenvalue weighted by Gasteiger charge is -2.30. The zero-order chi connectivity index (χ0) is 23.7. The Bertz CT molecular complexity index is 1320. The molecule has 2 aliphatic heterocycles. The quantitative estimate of drug-likeness (QED) is 0.518. The van der Waals surface area contributed by atoms with Crippen LogP contribution in [0.3, 0.4) is 0 Å². The maximum atomic E-state index is 13.5. The summed E-state index contributed by atoms with van der Waals surface area (Å²) in [5.41, 5.74) is 3.63. The standard InChI is InChI=1S/C23H26N6O3S2/c1-16-4-5-19-17(15-16)3-2-12-29(19)34(31,32)21-7-6-20(33-21)18-8-9-24-22(27-18)25-10-13-28-14-11-26-23(28)30/h4-9,15H,2-3,10-14H2,1H3,(H,26,30)(H,24,25,27). The molecule has 4 heterocycles. The number of nitrogens with one attached hydrogen (secondary N) is 2. The maximum absolute atomic E-state index is 13.5. The molecule has 0 aliphatic carbocycles. The molecule has 1 saturated heterocycles. The number of urea groups is 1. The molecular formula is C23H26N6O3S2. The number of fused-ring (bicyclic) bond motifs is 1. The van der Waals surface area contributed by atoms with Crippen LogP contribution >= 0.6 is 11.3 Å². The van der Waals surface area contributed by atoms with E-state index in [9.17, 15) is 13.2 Å². The lowest BCUT2D eigenvalue weighted by Crippen LogP contribution is -2.35. The van der Waals surface area contributed by atoms with Crippen LogP contribution in [-0.4, -0.2) is 62.0 Å². The summed E-state index contributed by atoms with van der Waals surface area (Å²) in [6, 6.07) is 11.1. The minimum absolute atomic E-state index is 0.0599. The molecule has 9 nitrogen and oxygen atoms in total. The third kappa shape index (κ3) is 4.45. The number of hydrogen-bond acceptors (Lipinski definition) is 7. The average molecular weight is 499 g/mol. The molecule has 2 amide bonds. The van der Waals surface area contributed by atoms with E-state index in [-0.39, 0.29) is 6.03 Å². The van der Waals surface area contributed by atoms with Crippen molar-refractivity contribution in [1.29, 1.82) is 0 Å². The van der Waals surface area contributed by atoms with Crippen molar-refractivity contribution in [3.05, 3.63) is 53.7 Å². The molecule has 3 aromatic rings. The third-order valence-electron chi connectivity index (χ3n) is 5.95. The van der Waals surface area contributed by atoms with Crippen molar-refractivity contribution in [3.63, 3.8) is 0 Å². The number of carbonyl (C=O) groups is 1. The second-order valence-electron chi connectivity index (χ2n) is 8.34. The number of nitrogens with zero attached hydrogens (tertiary/aromatic N) is 4. The molecule has 2 N–H and O–H groups in total. The predicted molar refractivity (Wildman–Crippen MR) is 133 cm³/mol. The highest BCUT2D eigenvalue weighted by Crippen LogP contribution is 2.36. The molecule has 34 heavy (non-hydrogen) atoms. The number of carbonyl (C=O) groups excluding carboxylic acids is 1. The summed E-state index contributed by atoms with van der Waals surface area (Å²) in [5, 5.41) is 5.91. The fraction of sp³-hybridized carbons (Fsp3) is 0.348. The van der Waals surface area contributed by atoms with Crippen LogP contribution in [0.1, 0.15) is 17.5 Å². The summed E-state index contributed by atoms with van der Waals surface area (Å²) in [6.07, 6.45) is 3.33. The molecule has 0 unspecified atom stereocenters. The lowest BCUT2D eigenvalue weighted by molar-refractivity contribution is 0.219. The van der Waals surface area contributed by atoms with Crippen molar-refractivity contribution < 1.29 is 13.2 Å². The van der Waals surface area contributed by atoms with Gasteiger partial charge in [-0.05, 0) is 49.6 Å². The molecule has 0 saturated carbocycles. The highest BCUT2D eigenvalue weighted by Gasteiger charge is 2.30. The molecule has 0 spiro atoms. The van der Waals surface area contributed by atoms with Crippen molar-refractivity contribution in [2.24, 2.45) is 0 Å². The van der Waals surface area contributed by atoms with Crippen LogP contribution in [0.4, 0.5) is 16.4 Å².